The molecule has 16 heavy (non-hydrogen) atoms. The number of rotatable bonds is 3. The van der Waals surface area contributed by atoms with Crippen molar-refractivity contribution in [1.29, 1.82) is 0 Å². The molecule has 0 aliphatic heterocycles. The summed E-state index contributed by atoms with van der Waals surface area (Å²) >= 11 is 11.3. The summed E-state index contributed by atoms with van der Waals surface area (Å²) in [6.07, 6.45) is -0.681. The number of hydrogen-bond acceptors (Lipinski definition) is 4. The first kappa shape index (κ1) is 13.6. The van der Waals surface area contributed by atoms with Crippen molar-refractivity contribution in [3.63, 3.8) is 0 Å². The summed E-state index contributed by atoms with van der Waals surface area (Å²) in [6.45, 7) is 0. The van der Waals surface area contributed by atoms with E-state index in [2.05, 4.69) is 0 Å². The third-order valence-corrected chi connectivity index (χ3v) is 5.37. The summed E-state index contributed by atoms with van der Waals surface area (Å²) in [7, 11) is -3.81. The monoisotopic (exact) mass is 283 g/mol. The minimum atomic E-state index is -3.81. The van der Waals surface area contributed by atoms with Crippen LogP contribution >= 0.6 is 23.2 Å². The summed E-state index contributed by atoms with van der Waals surface area (Å²) in [5, 5.41) is 9.79. The molecule has 90 valence electrons. The van der Waals surface area contributed by atoms with E-state index < -0.39 is 19.6 Å². The molecular formula is C9H11Cl2NO3S. The van der Waals surface area contributed by atoms with E-state index >= 15 is 0 Å². The van der Waals surface area contributed by atoms with Crippen LogP contribution in [0.15, 0.2) is 24.3 Å². The predicted octanol–water partition coefficient (Wildman–Crippen LogP) is 1.48. The van der Waals surface area contributed by atoms with Crippen LogP contribution in [-0.4, -0.2) is 23.4 Å². The standard InChI is InChI=1S/C9H11Cl2NO3S/c1-16(14,15)9(10,11)8(13)6-2-4-7(12)5-3-6/h2-5,8,13H,12H2,1H3/t8-/m1/s1. The number of nitrogen functional groups attached to an aromatic ring is 1. The van der Waals surface area contributed by atoms with Gasteiger partial charge in [-0.25, -0.2) is 8.42 Å². The second-order valence-corrected chi connectivity index (χ2v) is 7.43. The van der Waals surface area contributed by atoms with Crippen LogP contribution in [0.2, 0.25) is 0 Å². The maximum absolute atomic E-state index is 11.3. The van der Waals surface area contributed by atoms with E-state index in [0.717, 1.165) is 6.26 Å². The Balaban J connectivity index is 3.12. The van der Waals surface area contributed by atoms with E-state index in [1.54, 1.807) is 0 Å². The van der Waals surface area contributed by atoms with Crippen molar-refractivity contribution in [2.75, 3.05) is 12.0 Å². The zero-order chi connectivity index (χ0) is 12.6. The van der Waals surface area contributed by atoms with Gasteiger partial charge in [0.2, 0.25) is 3.67 Å². The van der Waals surface area contributed by atoms with Crippen molar-refractivity contribution in [2.24, 2.45) is 0 Å². The molecule has 1 atom stereocenters. The Morgan fingerprint density at radius 2 is 1.75 bits per heavy atom. The fourth-order valence-corrected chi connectivity index (χ4v) is 1.87. The van der Waals surface area contributed by atoms with E-state index in [1.807, 2.05) is 0 Å². The van der Waals surface area contributed by atoms with E-state index in [0.29, 0.717) is 5.69 Å². The number of sulfone groups is 1. The molecule has 0 saturated heterocycles. The summed E-state index contributed by atoms with van der Waals surface area (Å²) in [5.74, 6) is 0. The van der Waals surface area contributed by atoms with Crippen molar-refractivity contribution < 1.29 is 13.5 Å². The topological polar surface area (TPSA) is 80.4 Å². The number of aliphatic hydroxyl groups excluding tert-OH is 1. The molecule has 0 heterocycles. The lowest BCUT2D eigenvalue weighted by Crippen LogP contribution is -2.32. The van der Waals surface area contributed by atoms with Gasteiger partial charge in [0.25, 0.3) is 0 Å². The van der Waals surface area contributed by atoms with E-state index in [-0.39, 0.29) is 5.56 Å². The molecular weight excluding hydrogens is 273 g/mol. The Bertz CT molecular complexity index is 470. The minimum Gasteiger partial charge on any atom is -0.399 e. The molecule has 1 aromatic rings. The van der Waals surface area contributed by atoms with Crippen LogP contribution < -0.4 is 5.73 Å². The number of benzene rings is 1. The molecule has 4 nitrogen and oxygen atoms in total. The Morgan fingerprint density at radius 1 is 1.31 bits per heavy atom. The molecule has 0 amide bonds. The molecule has 0 bridgehead atoms. The summed E-state index contributed by atoms with van der Waals surface area (Å²) in [6, 6.07) is 5.96. The SMILES string of the molecule is CS(=O)(=O)C(Cl)(Cl)[C@H](O)c1ccc(N)cc1. The molecule has 0 aromatic heterocycles. The highest BCUT2D eigenvalue weighted by Crippen LogP contribution is 2.40. The quantitative estimate of drug-likeness (QED) is 0.650. The van der Waals surface area contributed by atoms with Crippen LogP contribution in [0.25, 0.3) is 0 Å². The largest absolute Gasteiger partial charge is 0.399 e. The third-order valence-electron chi connectivity index (χ3n) is 2.06. The molecule has 0 radical (unpaired) electrons. The number of aliphatic hydroxyl groups is 1. The molecule has 0 aliphatic carbocycles. The van der Waals surface area contributed by atoms with Gasteiger partial charge in [0, 0.05) is 11.9 Å². The number of hydrogen-bond donors (Lipinski definition) is 2. The maximum atomic E-state index is 11.3. The van der Waals surface area contributed by atoms with Crippen LogP contribution in [-0.2, 0) is 9.84 Å². The lowest BCUT2D eigenvalue weighted by atomic mass is 10.1. The van der Waals surface area contributed by atoms with E-state index in [9.17, 15) is 13.5 Å². The average Bonchev–Trinajstić information content (AvgIpc) is 2.16. The smallest absolute Gasteiger partial charge is 0.247 e. The van der Waals surface area contributed by atoms with Gasteiger partial charge in [-0.1, -0.05) is 35.3 Å². The first-order valence-corrected chi connectivity index (χ1v) is 6.92. The molecule has 0 saturated carbocycles. The van der Waals surface area contributed by atoms with Gasteiger partial charge in [0.05, 0.1) is 0 Å². The Labute approximate surface area is 104 Å². The van der Waals surface area contributed by atoms with E-state index in [4.69, 9.17) is 28.9 Å². The normalized spacial score (nSPS) is 14.8. The fourth-order valence-electron chi connectivity index (χ4n) is 1.08. The van der Waals surface area contributed by atoms with Crippen LogP contribution in [0.4, 0.5) is 5.69 Å². The third kappa shape index (κ3) is 2.60. The van der Waals surface area contributed by atoms with Crippen molar-refractivity contribution in [2.45, 2.75) is 9.77 Å². The fraction of sp³-hybridized carbons (Fsp3) is 0.333. The zero-order valence-corrected chi connectivity index (χ0v) is 10.7. The lowest BCUT2D eigenvalue weighted by molar-refractivity contribution is 0.181. The first-order chi connectivity index (χ1) is 7.16. The van der Waals surface area contributed by atoms with Gasteiger partial charge in [0.15, 0.2) is 9.84 Å². The molecule has 1 aromatic carbocycles. The van der Waals surface area contributed by atoms with Gasteiger partial charge in [-0.2, -0.15) is 0 Å². The first-order valence-electron chi connectivity index (χ1n) is 4.27. The summed E-state index contributed by atoms with van der Waals surface area (Å²) < 4.78 is 20.3. The second-order valence-electron chi connectivity index (χ2n) is 3.40. The number of halogens is 2. The molecule has 0 unspecified atom stereocenters. The van der Waals surface area contributed by atoms with Crippen LogP contribution in [0.1, 0.15) is 11.7 Å². The number of nitrogens with two attached hydrogens (primary N) is 1. The van der Waals surface area contributed by atoms with Gasteiger partial charge in [-0.3, -0.25) is 0 Å². The van der Waals surface area contributed by atoms with Crippen LogP contribution in [0.5, 0.6) is 0 Å². The maximum Gasteiger partial charge on any atom is 0.247 e. The van der Waals surface area contributed by atoms with Gasteiger partial charge in [-0.05, 0) is 17.7 Å². The van der Waals surface area contributed by atoms with Crippen LogP contribution in [0, 0.1) is 0 Å². The van der Waals surface area contributed by atoms with E-state index in [1.165, 1.54) is 24.3 Å². The molecule has 0 fully saturated rings. The molecule has 0 aliphatic rings. The van der Waals surface area contributed by atoms with Gasteiger partial charge in [0.1, 0.15) is 6.10 Å². The highest BCUT2D eigenvalue weighted by molar-refractivity contribution is 7.94. The number of anilines is 1. The Morgan fingerprint density at radius 3 is 2.12 bits per heavy atom. The summed E-state index contributed by atoms with van der Waals surface area (Å²) in [5.41, 5.74) is 6.23. The van der Waals surface area contributed by atoms with Gasteiger partial charge >= 0.3 is 0 Å². The molecule has 3 N–H and O–H groups in total. The average molecular weight is 284 g/mol. The molecule has 0 spiro atoms. The number of alkyl halides is 2. The van der Waals surface area contributed by atoms with Crippen molar-refractivity contribution in [3.8, 4) is 0 Å². The van der Waals surface area contributed by atoms with Gasteiger partial charge in [-0.15, -0.1) is 0 Å². The highest BCUT2D eigenvalue weighted by atomic mass is 35.5. The highest BCUT2D eigenvalue weighted by Gasteiger charge is 2.44. The Hall–Kier alpha value is -0.490. The molecule has 7 heteroatoms. The van der Waals surface area contributed by atoms with Crippen molar-refractivity contribution >= 4 is 38.7 Å². The predicted molar refractivity (Wildman–Crippen MR) is 65.1 cm³/mol. The minimum absolute atomic E-state index is 0.282. The second kappa shape index (κ2) is 4.41. The Kier molecular flexibility index (Phi) is 3.74. The zero-order valence-electron chi connectivity index (χ0n) is 8.39. The molecule has 1 rings (SSSR count). The summed E-state index contributed by atoms with van der Waals surface area (Å²) in [4.78, 5) is 0. The van der Waals surface area contributed by atoms with Gasteiger partial charge < -0.3 is 10.8 Å². The lowest BCUT2D eigenvalue weighted by Gasteiger charge is -2.24. The van der Waals surface area contributed by atoms with Crippen molar-refractivity contribution in [1.82, 2.24) is 0 Å². The van der Waals surface area contributed by atoms with Crippen LogP contribution in [0.3, 0.4) is 0 Å². The van der Waals surface area contributed by atoms with Crippen molar-refractivity contribution in [3.05, 3.63) is 29.8 Å².